The molecule has 2 aromatic carbocycles. The van der Waals surface area contributed by atoms with Gasteiger partial charge in [0, 0.05) is 11.3 Å². The summed E-state index contributed by atoms with van der Waals surface area (Å²) in [5, 5.41) is 3.97. The fourth-order valence-electron chi connectivity index (χ4n) is 3.09. The molecule has 1 amide bonds. The van der Waals surface area contributed by atoms with Gasteiger partial charge in [-0.25, -0.2) is 4.99 Å². The van der Waals surface area contributed by atoms with Crippen LogP contribution in [-0.4, -0.2) is 11.6 Å². The van der Waals surface area contributed by atoms with Crippen LogP contribution in [0.4, 0.5) is 11.4 Å². The number of para-hydroxylation sites is 1. The predicted molar refractivity (Wildman–Crippen MR) is 149 cm³/mol. The number of nitrogens with one attached hydrogen (secondary N) is 1. The average molecular weight is 495 g/mol. The summed E-state index contributed by atoms with van der Waals surface area (Å²) >= 11 is 13.1. The van der Waals surface area contributed by atoms with E-state index in [1.807, 2.05) is 84.0 Å². The highest BCUT2D eigenvalue weighted by atomic mass is 35.5. The van der Waals surface area contributed by atoms with Crippen molar-refractivity contribution in [3.8, 4) is 0 Å². The predicted octanol–water partition coefficient (Wildman–Crippen LogP) is 9.10. The second-order valence-corrected chi connectivity index (χ2v) is 8.99. The lowest BCUT2D eigenvalue weighted by atomic mass is 10.1. The third kappa shape index (κ3) is 7.58. The van der Waals surface area contributed by atoms with Gasteiger partial charge in [0.25, 0.3) is 5.91 Å². The number of carbonyl (C=O) groups is 1. The maximum atomic E-state index is 13.2. The number of anilines is 1. The highest BCUT2D eigenvalue weighted by molar-refractivity contribution is 6.37. The molecule has 0 aliphatic carbocycles. The first-order valence-corrected chi connectivity index (χ1v) is 12.0. The molecule has 0 atom stereocenters. The molecule has 0 saturated heterocycles. The van der Waals surface area contributed by atoms with Crippen LogP contribution in [0.1, 0.15) is 52.2 Å². The van der Waals surface area contributed by atoms with Gasteiger partial charge < -0.3 is 5.32 Å². The second-order valence-electron chi connectivity index (χ2n) is 8.21. The Labute approximate surface area is 213 Å². The lowest BCUT2D eigenvalue weighted by molar-refractivity contribution is -0.112. The standard InChI is InChI=1S/C29H32Cl2N2O/c1-7-9-13-23(28(31)20(5)8-2)29(34)32-22-15-16-25(30)24(18-22)27(17-19(3)4)33-26-14-11-10-12-21(26)6/h7,9-18H,8H2,1-6H3,(H,32,34)/b9-7-,23-13+,28-20?,33-27?. The molecule has 0 unspecified atom stereocenters. The first-order chi connectivity index (χ1) is 16.2. The van der Waals surface area contributed by atoms with Crippen LogP contribution in [0.3, 0.4) is 0 Å². The van der Waals surface area contributed by atoms with Crippen LogP contribution in [0, 0.1) is 6.92 Å². The summed E-state index contributed by atoms with van der Waals surface area (Å²) in [4.78, 5) is 18.0. The van der Waals surface area contributed by atoms with E-state index in [2.05, 4.69) is 5.32 Å². The number of benzene rings is 2. The SMILES string of the molecule is C/C=C\C=C(\C(=O)Nc1ccc(Cl)c(C(C=C(C)C)=Nc2ccccc2C)c1)C(Cl)=C(C)CC. The fraction of sp³-hybridized carbons (Fsp3) is 0.241. The van der Waals surface area contributed by atoms with Crippen molar-refractivity contribution in [2.24, 2.45) is 4.99 Å². The van der Waals surface area contributed by atoms with Gasteiger partial charge in [-0.15, -0.1) is 0 Å². The normalized spacial score (nSPS) is 13.1. The van der Waals surface area contributed by atoms with E-state index in [9.17, 15) is 4.79 Å². The van der Waals surface area contributed by atoms with Crippen molar-refractivity contribution < 1.29 is 4.79 Å². The number of nitrogens with zero attached hydrogens (tertiary/aromatic N) is 1. The number of rotatable bonds is 8. The van der Waals surface area contributed by atoms with Crippen molar-refractivity contribution in [2.45, 2.75) is 48.0 Å². The molecular formula is C29H32Cl2N2O. The molecule has 0 bridgehead atoms. The molecule has 0 radical (unpaired) electrons. The smallest absolute Gasteiger partial charge is 0.257 e. The van der Waals surface area contributed by atoms with Crippen molar-refractivity contribution in [2.75, 3.05) is 5.32 Å². The van der Waals surface area contributed by atoms with Gasteiger partial charge in [-0.2, -0.15) is 0 Å². The van der Waals surface area contributed by atoms with Gasteiger partial charge in [0.05, 0.1) is 27.0 Å². The summed E-state index contributed by atoms with van der Waals surface area (Å²) in [5.74, 6) is -0.288. The summed E-state index contributed by atoms with van der Waals surface area (Å²) in [6.07, 6.45) is 8.12. The number of aryl methyl sites for hydroxylation is 1. The topological polar surface area (TPSA) is 41.5 Å². The van der Waals surface area contributed by atoms with E-state index >= 15 is 0 Å². The Balaban J connectivity index is 2.53. The average Bonchev–Trinajstić information content (AvgIpc) is 2.80. The Kier molecular flexibility index (Phi) is 10.6. The number of aliphatic imine (C=N–C) groups is 1. The minimum atomic E-state index is -0.288. The monoisotopic (exact) mass is 494 g/mol. The van der Waals surface area contributed by atoms with Crippen molar-refractivity contribution >= 4 is 46.2 Å². The van der Waals surface area contributed by atoms with Gasteiger partial charge in [-0.1, -0.05) is 71.6 Å². The van der Waals surface area contributed by atoms with Crippen molar-refractivity contribution in [1.82, 2.24) is 0 Å². The fourth-order valence-corrected chi connectivity index (χ4v) is 3.58. The van der Waals surface area contributed by atoms with E-state index in [0.29, 0.717) is 21.3 Å². The summed E-state index contributed by atoms with van der Waals surface area (Å²) < 4.78 is 0. The molecule has 2 rings (SSSR count). The summed E-state index contributed by atoms with van der Waals surface area (Å²) in [6, 6.07) is 13.3. The highest BCUT2D eigenvalue weighted by Gasteiger charge is 2.16. The van der Waals surface area contributed by atoms with Gasteiger partial charge in [0.15, 0.2) is 0 Å². The molecule has 5 heteroatoms. The van der Waals surface area contributed by atoms with E-state index in [1.165, 1.54) is 0 Å². The first kappa shape index (κ1) is 27.4. The Bertz CT molecular complexity index is 1200. The molecular weight excluding hydrogens is 463 g/mol. The third-order valence-electron chi connectivity index (χ3n) is 5.12. The van der Waals surface area contributed by atoms with Gasteiger partial charge >= 0.3 is 0 Å². The van der Waals surface area contributed by atoms with E-state index in [-0.39, 0.29) is 5.91 Å². The van der Waals surface area contributed by atoms with Crippen LogP contribution in [0.5, 0.6) is 0 Å². The third-order valence-corrected chi connectivity index (χ3v) is 5.98. The minimum absolute atomic E-state index is 0.288. The van der Waals surface area contributed by atoms with E-state index in [1.54, 1.807) is 24.3 Å². The molecule has 0 saturated carbocycles. The number of allylic oxidation sites excluding steroid dienone is 6. The molecule has 178 valence electrons. The molecule has 0 fully saturated rings. The number of carbonyl (C=O) groups excluding carboxylic acids is 1. The van der Waals surface area contributed by atoms with E-state index in [0.717, 1.165) is 40.1 Å². The second kappa shape index (κ2) is 13.1. The summed E-state index contributed by atoms with van der Waals surface area (Å²) in [6.45, 7) is 11.9. The summed E-state index contributed by atoms with van der Waals surface area (Å²) in [5.41, 5.74) is 6.43. The van der Waals surface area contributed by atoms with Crippen molar-refractivity contribution in [3.63, 3.8) is 0 Å². The number of hydrogen-bond donors (Lipinski definition) is 1. The molecule has 0 spiro atoms. The van der Waals surface area contributed by atoms with Crippen molar-refractivity contribution in [1.29, 1.82) is 0 Å². The zero-order valence-corrected chi connectivity index (χ0v) is 22.2. The molecule has 0 aliphatic heterocycles. The van der Waals surface area contributed by atoms with Crippen LogP contribution >= 0.6 is 23.2 Å². The largest absolute Gasteiger partial charge is 0.322 e. The van der Waals surface area contributed by atoms with Crippen LogP contribution < -0.4 is 5.32 Å². The molecule has 1 N–H and O–H groups in total. The lowest BCUT2D eigenvalue weighted by Gasteiger charge is -2.13. The maximum Gasteiger partial charge on any atom is 0.257 e. The zero-order valence-electron chi connectivity index (χ0n) is 20.7. The maximum absolute atomic E-state index is 13.2. The van der Waals surface area contributed by atoms with Crippen LogP contribution in [-0.2, 0) is 4.79 Å². The minimum Gasteiger partial charge on any atom is -0.322 e. The van der Waals surface area contributed by atoms with Crippen LogP contribution in [0.2, 0.25) is 5.02 Å². The van der Waals surface area contributed by atoms with Crippen LogP contribution in [0.25, 0.3) is 0 Å². The molecule has 34 heavy (non-hydrogen) atoms. The Hall–Kier alpha value is -2.88. The number of amides is 1. The van der Waals surface area contributed by atoms with E-state index < -0.39 is 0 Å². The van der Waals surface area contributed by atoms with E-state index in [4.69, 9.17) is 28.2 Å². The van der Waals surface area contributed by atoms with Gasteiger partial charge in [-0.05, 0) is 83.0 Å². The molecule has 0 heterocycles. The summed E-state index contributed by atoms with van der Waals surface area (Å²) in [7, 11) is 0. The molecule has 0 aromatic heterocycles. The quantitative estimate of drug-likeness (QED) is 0.221. The Morgan fingerprint density at radius 1 is 1.12 bits per heavy atom. The lowest BCUT2D eigenvalue weighted by Crippen LogP contribution is -2.16. The zero-order chi connectivity index (χ0) is 25.3. The Morgan fingerprint density at radius 2 is 1.82 bits per heavy atom. The van der Waals surface area contributed by atoms with Gasteiger partial charge in [-0.3, -0.25) is 4.79 Å². The van der Waals surface area contributed by atoms with Crippen LogP contribution in [0.15, 0.2) is 93.5 Å². The van der Waals surface area contributed by atoms with Gasteiger partial charge in [0.2, 0.25) is 0 Å². The highest BCUT2D eigenvalue weighted by Crippen LogP contribution is 2.28. The number of hydrogen-bond acceptors (Lipinski definition) is 2. The molecule has 3 nitrogen and oxygen atoms in total. The Morgan fingerprint density at radius 3 is 2.44 bits per heavy atom. The number of halogens is 2. The molecule has 0 aliphatic rings. The van der Waals surface area contributed by atoms with Gasteiger partial charge in [0.1, 0.15) is 0 Å². The first-order valence-electron chi connectivity index (χ1n) is 11.3. The molecule has 2 aromatic rings. The van der Waals surface area contributed by atoms with Crippen molar-refractivity contribution in [3.05, 3.63) is 105 Å².